The minimum Gasteiger partial charge on any atom is -0.508 e. The zero-order valence-electron chi connectivity index (χ0n) is 24.6. The van der Waals surface area contributed by atoms with E-state index in [9.17, 15) is 9.90 Å². The van der Waals surface area contributed by atoms with E-state index in [4.69, 9.17) is 27.9 Å². The molecule has 0 aromatic heterocycles. The van der Waals surface area contributed by atoms with Crippen molar-refractivity contribution >= 4 is 34.8 Å². The minimum absolute atomic E-state index is 0.00232. The van der Waals surface area contributed by atoms with Crippen LogP contribution in [0.5, 0.6) is 11.5 Å². The fourth-order valence-corrected chi connectivity index (χ4v) is 6.28. The van der Waals surface area contributed by atoms with E-state index in [1.807, 2.05) is 57.3 Å². The Kier molecular flexibility index (Phi) is 11.0. The van der Waals surface area contributed by atoms with E-state index >= 15 is 0 Å². The first-order valence-corrected chi connectivity index (χ1v) is 15.4. The number of hydrogen-bond donors (Lipinski definition) is 1. The summed E-state index contributed by atoms with van der Waals surface area (Å²) in [6, 6.07) is 17.5. The van der Waals surface area contributed by atoms with Crippen LogP contribution in [-0.4, -0.2) is 42.2 Å². The summed E-state index contributed by atoms with van der Waals surface area (Å²) in [7, 11) is 1.82. The van der Waals surface area contributed by atoms with Crippen molar-refractivity contribution in [3.8, 4) is 11.5 Å². The van der Waals surface area contributed by atoms with Gasteiger partial charge in [-0.25, -0.2) is 0 Å². The van der Waals surface area contributed by atoms with Crippen LogP contribution in [0.4, 0.5) is 5.69 Å². The molecule has 0 aliphatic carbocycles. The van der Waals surface area contributed by atoms with Gasteiger partial charge >= 0.3 is 0 Å². The summed E-state index contributed by atoms with van der Waals surface area (Å²) in [5.74, 6) is 1.53. The van der Waals surface area contributed by atoms with Gasteiger partial charge in [0.25, 0.3) is 0 Å². The molecule has 0 radical (unpaired) electrons. The molecule has 1 N–H and O–H groups in total. The van der Waals surface area contributed by atoms with Gasteiger partial charge in [0.15, 0.2) is 0 Å². The quantitative estimate of drug-likeness (QED) is 0.226. The Bertz CT molecular complexity index is 1320. The Labute approximate surface area is 255 Å². The number of likely N-dealkylation sites (tertiary alicyclic amines) is 1. The van der Waals surface area contributed by atoms with E-state index in [1.165, 1.54) is 16.7 Å². The molecule has 1 amide bonds. The number of carbonyl (C=O) groups excluding carboxylic acids is 1. The maximum Gasteiger partial charge on any atom is 0.223 e. The van der Waals surface area contributed by atoms with Gasteiger partial charge in [0, 0.05) is 26.1 Å². The predicted octanol–water partition coefficient (Wildman–Crippen LogP) is 8.41. The van der Waals surface area contributed by atoms with Crippen molar-refractivity contribution in [1.82, 2.24) is 4.90 Å². The van der Waals surface area contributed by atoms with Crippen LogP contribution < -0.4 is 9.64 Å². The van der Waals surface area contributed by atoms with Gasteiger partial charge in [0.05, 0.1) is 21.8 Å². The number of anilines is 1. The van der Waals surface area contributed by atoms with Crippen LogP contribution in [0, 0.1) is 0 Å². The largest absolute Gasteiger partial charge is 0.508 e. The van der Waals surface area contributed by atoms with Gasteiger partial charge in [-0.2, -0.15) is 0 Å². The summed E-state index contributed by atoms with van der Waals surface area (Å²) in [6.07, 6.45) is 5.81. The molecule has 3 aromatic carbocycles. The first-order valence-electron chi connectivity index (χ1n) is 14.6. The molecule has 4 rings (SSSR count). The molecule has 220 valence electrons. The van der Waals surface area contributed by atoms with Crippen molar-refractivity contribution < 1.29 is 14.6 Å². The highest BCUT2D eigenvalue weighted by Crippen LogP contribution is 2.40. The first-order chi connectivity index (χ1) is 19.6. The number of benzene rings is 3. The number of rotatable bonds is 11. The number of aromatic hydroxyl groups is 1. The molecular formula is C34H42Cl2N2O3. The highest BCUT2D eigenvalue weighted by atomic mass is 35.5. The number of piperidine rings is 1. The molecule has 0 atom stereocenters. The first kappa shape index (κ1) is 31.2. The molecule has 1 heterocycles. The molecule has 7 heteroatoms. The zero-order chi connectivity index (χ0) is 29.5. The third-order valence-electron chi connectivity index (χ3n) is 7.99. The number of nitrogens with zero attached hydrogens (tertiary/aromatic N) is 2. The Morgan fingerprint density at radius 2 is 1.71 bits per heavy atom. The Hall–Kier alpha value is -2.73. The second kappa shape index (κ2) is 14.4. The van der Waals surface area contributed by atoms with Gasteiger partial charge in [-0.05, 0) is 118 Å². The fourth-order valence-electron chi connectivity index (χ4n) is 5.78. The zero-order valence-corrected chi connectivity index (χ0v) is 26.1. The van der Waals surface area contributed by atoms with Crippen LogP contribution in [0.25, 0.3) is 0 Å². The molecule has 0 unspecified atom stereocenters. The summed E-state index contributed by atoms with van der Waals surface area (Å²) >= 11 is 13.4. The van der Waals surface area contributed by atoms with Crippen LogP contribution in [-0.2, 0) is 24.2 Å². The number of unbranched alkanes of at least 4 members (excludes halogenated alkanes) is 1. The van der Waals surface area contributed by atoms with E-state index in [1.54, 1.807) is 24.0 Å². The van der Waals surface area contributed by atoms with Crippen molar-refractivity contribution in [2.75, 3.05) is 25.0 Å². The van der Waals surface area contributed by atoms with Gasteiger partial charge in [0.1, 0.15) is 11.5 Å². The summed E-state index contributed by atoms with van der Waals surface area (Å²) < 4.78 is 6.12. The van der Waals surface area contributed by atoms with Gasteiger partial charge in [-0.1, -0.05) is 47.5 Å². The lowest BCUT2D eigenvalue weighted by Crippen LogP contribution is -2.32. The summed E-state index contributed by atoms with van der Waals surface area (Å²) in [6.45, 7) is 8.50. The maximum absolute atomic E-state index is 12.2. The van der Waals surface area contributed by atoms with Crippen LogP contribution in [0.3, 0.4) is 0 Å². The summed E-state index contributed by atoms with van der Waals surface area (Å²) in [5, 5.41) is 10.9. The van der Waals surface area contributed by atoms with E-state index in [2.05, 4.69) is 11.0 Å². The van der Waals surface area contributed by atoms with Crippen molar-refractivity contribution in [3.05, 3.63) is 86.9 Å². The summed E-state index contributed by atoms with van der Waals surface area (Å²) in [5.41, 5.74) is 5.69. The van der Waals surface area contributed by atoms with E-state index in [0.29, 0.717) is 21.7 Å². The SMILES string of the molecule is CC(=O)N(C)c1cccc(OC(C)C)c1CCCCc1ccc(Cl)c(Cl)c1C1CCN(Cc2ccc(O)cc2)CC1. The second-order valence-corrected chi connectivity index (χ2v) is 12.1. The molecule has 1 saturated heterocycles. The van der Waals surface area contributed by atoms with Gasteiger partial charge in [-0.3, -0.25) is 9.69 Å². The van der Waals surface area contributed by atoms with Crippen LogP contribution in [0.1, 0.15) is 74.6 Å². The number of hydrogen-bond acceptors (Lipinski definition) is 4. The average Bonchev–Trinajstić information content (AvgIpc) is 2.94. The van der Waals surface area contributed by atoms with Gasteiger partial charge < -0.3 is 14.7 Å². The van der Waals surface area contributed by atoms with Crippen LogP contribution in [0.2, 0.25) is 10.0 Å². The molecule has 5 nitrogen and oxygen atoms in total. The minimum atomic E-state index is 0.00232. The van der Waals surface area contributed by atoms with Gasteiger partial charge in [-0.15, -0.1) is 0 Å². The van der Waals surface area contributed by atoms with E-state index < -0.39 is 0 Å². The number of phenols is 1. The van der Waals surface area contributed by atoms with Crippen LogP contribution >= 0.6 is 23.2 Å². The van der Waals surface area contributed by atoms with E-state index in [0.717, 1.165) is 75.2 Å². The fraction of sp³-hybridized carbons (Fsp3) is 0.441. The van der Waals surface area contributed by atoms with Crippen molar-refractivity contribution in [2.24, 2.45) is 0 Å². The number of halogens is 2. The number of aryl methyl sites for hydroxylation is 1. The number of carbonyl (C=O) groups is 1. The lowest BCUT2D eigenvalue weighted by atomic mass is 9.84. The molecule has 41 heavy (non-hydrogen) atoms. The Morgan fingerprint density at radius 3 is 2.37 bits per heavy atom. The number of amides is 1. The smallest absolute Gasteiger partial charge is 0.223 e. The molecule has 1 fully saturated rings. The lowest BCUT2D eigenvalue weighted by Gasteiger charge is -2.33. The molecule has 0 spiro atoms. The molecule has 1 aliphatic rings. The Balaban J connectivity index is 1.42. The third-order valence-corrected chi connectivity index (χ3v) is 8.81. The highest BCUT2D eigenvalue weighted by Gasteiger charge is 2.26. The van der Waals surface area contributed by atoms with Crippen LogP contribution in [0.15, 0.2) is 54.6 Å². The molecule has 3 aromatic rings. The molecule has 0 saturated carbocycles. The predicted molar refractivity (Wildman–Crippen MR) is 170 cm³/mol. The van der Waals surface area contributed by atoms with Crippen molar-refractivity contribution in [1.29, 1.82) is 0 Å². The second-order valence-electron chi connectivity index (χ2n) is 11.4. The molecule has 1 aliphatic heterocycles. The molecule has 0 bridgehead atoms. The van der Waals surface area contributed by atoms with Gasteiger partial charge in [0.2, 0.25) is 5.91 Å². The standard InChI is InChI=1S/C34H42Cl2N2O3/c1-23(2)41-32-11-7-10-31(37(4)24(3)39)29(32)9-6-5-8-26-14-17-30(35)34(36)33(26)27-18-20-38(21-19-27)22-25-12-15-28(40)16-13-25/h7,10-17,23,27,40H,5-6,8-9,18-22H2,1-4H3. The average molecular weight is 598 g/mol. The topological polar surface area (TPSA) is 53.0 Å². The summed E-state index contributed by atoms with van der Waals surface area (Å²) in [4.78, 5) is 16.3. The van der Waals surface area contributed by atoms with Crippen molar-refractivity contribution in [2.45, 2.75) is 77.9 Å². The van der Waals surface area contributed by atoms with Crippen molar-refractivity contribution in [3.63, 3.8) is 0 Å². The molecular weight excluding hydrogens is 555 g/mol. The normalized spacial score (nSPS) is 14.4. The monoisotopic (exact) mass is 596 g/mol. The number of phenolic OH excluding ortho intramolecular Hbond substituents is 1. The lowest BCUT2D eigenvalue weighted by molar-refractivity contribution is -0.116. The third kappa shape index (κ3) is 8.18. The number of ether oxygens (including phenoxy) is 1. The maximum atomic E-state index is 12.2. The highest BCUT2D eigenvalue weighted by molar-refractivity contribution is 6.42. The van der Waals surface area contributed by atoms with E-state index in [-0.39, 0.29) is 12.0 Å². The Morgan fingerprint density at radius 1 is 1.02 bits per heavy atom.